The Morgan fingerprint density at radius 3 is 3.00 bits per heavy atom. The second kappa shape index (κ2) is 4.75. The average Bonchev–Trinajstić information content (AvgIpc) is 3.04. The molecule has 20 heavy (non-hydrogen) atoms. The van der Waals surface area contributed by atoms with Crippen LogP contribution < -0.4 is 4.31 Å². The number of nitrogens with one attached hydrogen (secondary N) is 1. The van der Waals surface area contributed by atoms with Crippen molar-refractivity contribution in [3.05, 3.63) is 41.3 Å². The fourth-order valence-corrected chi connectivity index (χ4v) is 4.19. The van der Waals surface area contributed by atoms with Crippen molar-refractivity contribution in [2.75, 3.05) is 10.8 Å². The van der Waals surface area contributed by atoms with Crippen LogP contribution in [0.25, 0.3) is 0 Å². The van der Waals surface area contributed by atoms with Crippen molar-refractivity contribution in [3.8, 4) is 0 Å². The van der Waals surface area contributed by atoms with E-state index in [4.69, 9.17) is 11.6 Å². The summed E-state index contributed by atoms with van der Waals surface area (Å²) in [6.07, 6.45) is 1.93. The minimum Gasteiger partial charge on any atom is -0.266 e. The van der Waals surface area contributed by atoms with E-state index in [0.29, 0.717) is 17.7 Å². The van der Waals surface area contributed by atoms with Crippen LogP contribution >= 0.6 is 11.6 Å². The minimum atomic E-state index is -3.80. The third-order valence-electron chi connectivity index (χ3n) is 3.27. The molecule has 5 nitrogen and oxygen atoms in total. The molecular formula is C12H11ClFN3O2S. The number of aromatic amines is 1. The Balaban J connectivity index is 2.09. The first kappa shape index (κ1) is 13.4. The average molecular weight is 316 g/mol. The number of anilines is 1. The number of H-pyrrole nitrogens is 1. The zero-order valence-electron chi connectivity index (χ0n) is 10.3. The fourth-order valence-electron chi connectivity index (χ4n) is 2.30. The predicted octanol–water partition coefficient (Wildman–Crippen LogP) is 2.04. The molecular weight excluding hydrogens is 305 g/mol. The summed E-state index contributed by atoms with van der Waals surface area (Å²) in [6.45, 7) is 0.280. The molecule has 0 atom stereocenters. The topological polar surface area (TPSA) is 66.1 Å². The number of hydrogen-bond donors (Lipinski definition) is 1. The van der Waals surface area contributed by atoms with Gasteiger partial charge in [-0.1, -0.05) is 6.07 Å². The highest BCUT2D eigenvalue weighted by molar-refractivity contribution is 7.92. The number of hydrogen-bond acceptors (Lipinski definition) is 3. The van der Waals surface area contributed by atoms with E-state index in [1.807, 2.05) is 0 Å². The Kier molecular flexibility index (Phi) is 3.18. The van der Waals surface area contributed by atoms with Crippen LogP contribution in [0, 0.1) is 5.82 Å². The highest BCUT2D eigenvalue weighted by Gasteiger charge is 2.33. The Labute approximate surface area is 120 Å². The zero-order valence-corrected chi connectivity index (χ0v) is 11.9. The second-order valence-corrected chi connectivity index (χ2v) is 6.52. The molecule has 106 valence electrons. The molecule has 0 bridgehead atoms. The van der Waals surface area contributed by atoms with Crippen molar-refractivity contribution in [1.82, 2.24) is 10.2 Å². The number of nitrogens with zero attached hydrogens (tertiary/aromatic N) is 2. The van der Waals surface area contributed by atoms with Gasteiger partial charge in [-0.15, -0.1) is 11.6 Å². The molecule has 1 aromatic carbocycles. The molecule has 2 heterocycles. The molecule has 8 heteroatoms. The van der Waals surface area contributed by atoms with Gasteiger partial charge in [0, 0.05) is 12.1 Å². The molecule has 0 unspecified atom stereocenters. The van der Waals surface area contributed by atoms with Crippen LogP contribution in [-0.2, 0) is 22.3 Å². The van der Waals surface area contributed by atoms with Crippen molar-refractivity contribution in [3.63, 3.8) is 0 Å². The highest BCUT2D eigenvalue weighted by Crippen LogP contribution is 2.33. The van der Waals surface area contributed by atoms with Crippen molar-refractivity contribution < 1.29 is 12.8 Å². The molecule has 1 N–H and O–H groups in total. The molecule has 1 aliphatic heterocycles. The molecule has 1 aromatic heterocycles. The Morgan fingerprint density at radius 2 is 2.25 bits per heavy atom. The highest BCUT2D eigenvalue weighted by atomic mass is 35.5. The van der Waals surface area contributed by atoms with E-state index in [1.54, 1.807) is 6.07 Å². The van der Waals surface area contributed by atoms with E-state index in [1.165, 1.54) is 22.6 Å². The van der Waals surface area contributed by atoms with Gasteiger partial charge in [0.05, 0.1) is 17.8 Å². The molecule has 0 fully saturated rings. The molecule has 0 saturated carbocycles. The predicted molar refractivity (Wildman–Crippen MR) is 72.8 cm³/mol. The Morgan fingerprint density at radius 1 is 1.45 bits per heavy atom. The third-order valence-corrected chi connectivity index (χ3v) is 5.39. The second-order valence-electron chi connectivity index (χ2n) is 4.46. The van der Waals surface area contributed by atoms with Crippen LogP contribution in [0.4, 0.5) is 10.1 Å². The maximum absolute atomic E-state index is 13.3. The molecule has 0 radical (unpaired) electrons. The summed E-state index contributed by atoms with van der Waals surface area (Å²) < 4.78 is 39.8. The number of aromatic nitrogens is 2. The number of alkyl halides is 1. The molecule has 0 aliphatic carbocycles. The maximum atomic E-state index is 13.3. The zero-order chi connectivity index (χ0) is 14.3. The Bertz CT molecular complexity index is 760. The van der Waals surface area contributed by atoms with Crippen LogP contribution in [0.3, 0.4) is 0 Å². The maximum Gasteiger partial charge on any atom is 0.281 e. The van der Waals surface area contributed by atoms with Gasteiger partial charge in [0.2, 0.25) is 0 Å². The largest absolute Gasteiger partial charge is 0.281 e. The SMILES string of the molecule is O=S(=O)(c1[nH]ncc1CCl)N1CCc2ccc(F)cc21. The molecule has 3 rings (SSSR count). The van der Waals surface area contributed by atoms with Crippen molar-refractivity contribution in [2.24, 2.45) is 0 Å². The van der Waals surface area contributed by atoms with Crippen molar-refractivity contribution in [1.29, 1.82) is 0 Å². The van der Waals surface area contributed by atoms with E-state index in [9.17, 15) is 12.8 Å². The Hall–Kier alpha value is -1.60. The lowest BCUT2D eigenvalue weighted by Crippen LogP contribution is -2.30. The van der Waals surface area contributed by atoms with E-state index >= 15 is 0 Å². The molecule has 0 saturated heterocycles. The van der Waals surface area contributed by atoms with Crippen LogP contribution in [0.15, 0.2) is 29.4 Å². The summed E-state index contributed by atoms with van der Waals surface area (Å²) in [5.41, 5.74) is 1.58. The van der Waals surface area contributed by atoms with Crippen molar-refractivity contribution in [2.45, 2.75) is 17.3 Å². The number of fused-ring (bicyclic) bond motifs is 1. The molecule has 0 amide bonds. The lowest BCUT2D eigenvalue weighted by atomic mass is 10.2. The van der Waals surface area contributed by atoms with Gasteiger partial charge in [-0.2, -0.15) is 13.5 Å². The van der Waals surface area contributed by atoms with Gasteiger partial charge in [-0.25, -0.2) is 4.39 Å². The van der Waals surface area contributed by atoms with Gasteiger partial charge >= 0.3 is 0 Å². The first-order valence-corrected chi connectivity index (χ1v) is 7.91. The van der Waals surface area contributed by atoms with Crippen LogP contribution in [0.1, 0.15) is 11.1 Å². The summed E-state index contributed by atoms with van der Waals surface area (Å²) >= 11 is 5.71. The van der Waals surface area contributed by atoms with Gasteiger partial charge in [0.15, 0.2) is 5.03 Å². The lowest BCUT2D eigenvalue weighted by molar-refractivity contribution is 0.587. The quantitative estimate of drug-likeness (QED) is 0.881. The van der Waals surface area contributed by atoms with Crippen LogP contribution in [-0.4, -0.2) is 25.2 Å². The van der Waals surface area contributed by atoms with Crippen LogP contribution in [0.2, 0.25) is 0 Å². The summed E-state index contributed by atoms with van der Waals surface area (Å²) in [6, 6.07) is 4.17. The summed E-state index contributed by atoms with van der Waals surface area (Å²) in [5.74, 6) is -0.428. The first-order chi connectivity index (χ1) is 9.54. The third kappa shape index (κ3) is 1.97. The summed E-state index contributed by atoms with van der Waals surface area (Å²) in [7, 11) is -3.80. The van der Waals surface area contributed by atoms with Gasteiger partial charge in [-0.3, -0.25) is 9.40 Å². The smallest absolute Gasteiger partial charge is 0.266 e. The summed E-state index contributed by atoms with van der Waals surface area (Å²) in [4.78, 5) is 0. The van der Waals surface area contributed by atoms with Gasteiger partial charge in [0.25, 0.3) is 10.0 Å². The first-order valence-electron chi connectivity index (χ1n) is 5.93. The van der Waals surface area contributed by atoms with Gasteiger partial charge in [0.1, 0.15) is 5.82 Å². The molecule has 2 aromatic rings. The monoisotopic (exact) mass is 315 g/mol. The minimum absolute atomic E-state index is 0.0366. The fraction of sp³-hybridized carbons (Fsp3) is 0.250. The lowest BCUT2D eigenvalue weighted by Gasteiger charge is -2.19. The van der Waals surface area contributed by atoms with E-state index < -0.39 is 15.8 Å². The van der Waals surface area contributed by atoms with E-state index in [2.05, 4.69) is 10.2 Å². The number of benzene rings is 1. The van der Waals surface area contributed by atoms with E-state index in [-0.39, 0.29) is 17.5 Å². The molecule has 1 aliphatic rings. The van der Waals surface area contributed by atoms with E-state index in [0.717, 1.165) is 5.56 Å². The molecule has 0 spiro atoms. The standard InChI is InChI=1S/C12H11ClFN3O2S/c13-6-9-7-15-16-12(9)20(18,19)17-4-3-8-1-2-10(14)5-11(8)17/h1-2,5,7H,3-4,6H2,(H,15,16). The number of halogens is 2. The van der Waals surface area contributed by atoms with Gasteiger partial charge in [-0.05, 0) is 24.1 Å². The number of sulfonamides is 1. The van der Waals surface area contributed by atoms with Crippen molar-refractivity contribution >= 4 is 27.3 Å². The normalized spacial score (nSPS) is 14.6. The van der Waals surface area contributed by atoms with Crippen LogP contribution in [0.5, 0.6) is 0 Å². The van der Waals surface area contributed by atoms with Gasteiger partial charge < -0.3 is 0 Å². The number of rotatable bonds is 3. The summed E-state index contributed by atoms with van der Waals surface area (Å²) in [5, 5.41) is 6.14.